The van der Waals surface area contributed by atoms with E-state index in [1.165, 1.54) is 0 Å². The fraction of sp³-hybridized carbons (Fsp3) is 0.625. The molecule has 4 nitrogen and oxygen atoms in total. The lowest BCUT2D eigenvalue weighted by Crippen LogP contribution is -2.39. The molecular formula is C16H23NO3. The average Bonchev–Trinajstić information content (AvgIpc) is 2.42. The van der Waals surface area contributed by atoms with Crippen molar-refractivity contribution in [3.05, 3.63) is 23.9 Å². The van der Waals surface area contributed by atoms with Gasteiger partial charge in [-0.3, -0.25) is 4.79 Å². The van der Waals surface area contributed by atoms with Crippen LogP contribution in [0.4, 0.5) is 0 Å². The van der Waals surface area contributed by atoms with Crippen LogP contribution in [0.2, 0.25) is 0 Å². The second-order valence-corrected chi connectivity index (χ2v) is 6.60. The first-order valence-electron chi connectivity index (χ1n) is 7.10. The highest BCUT2D eigenvalue weighted by molar-refractivity contribution is 5.75. The maximum Gasteiger partial charge on any atom is 0.309 e. The Kier molecular flexibility index (Phi) is 4.02. The largest absolute Gasteiger partial charge is 0.481 e. The van der Waals surface area contributed by atoms with Crippen LogP contribution >= 0.6 is 0 Å². The molecular weight excluding hydrogens is 254 g/mol. The number of aliphatic carboxylic acids is 1. The first-order valence-corrected chi connectivity index (χ1v) is 7.10. The molecule has 2 rings (SSSR count). The third-order valence-electron chi connectivity index (χ3n) is 4.59. The number of nitrogens with zero attached hydrogens (tertiary/aromatic N) is 1. The Bertz CT molecular complexity index is 486. The van der Waals surface area contributed by atoms with Gasteiger partial charge in [0.2, 0.25) is 5.88 Å². The number of pyridine rings is 1. The van der Waals surface area contributed by atoms with Gasteiger partial charge in [0.1, 0.15) is 0 Å². The van der Waals surface area contributed by atoms with E-state index < -0.39 is 11.4 Å². The Hall–Kier alpha value is -1.58. The molecule has 0 aromatic carbocycles. The van der Waals surface area contributed by atoms with Gasteiger partial charge in [0.15, 0.2) is 0 Å². The lowest BCUT2D eigenvalue weighted by atomic mass is 9.63. The van der Waals surface area contributed by atoms with E-state index in [0.717, 1.165) is 18.4 Å². The zero-order valence-corrected chi connectivity index (χ0v) is 12.5. The first-order chi connectivity index (χ1) is 9.38. The minimum absolute atomic E-state index is 0.248. The lowest BCUT2D eigenvalue weighted by Gasteiger charge is -2.41. The lowest BCUT2D eigenvalue weighted by molar-refractivity contribution is -0.152. The standard InChI is InChI=1S/C16H23NO3/c1-15(2)6-8-16(9-7-15,14(18)19)11-12-5-4-10-17-13(12)20-3/h4-5,10H,6-9,11H2,1-3H3,(H,18,19). The SMILES string of the molecule is COc1ncccc1CC1(C(=O)O)CCC(C)(C)CC1. The highest BCUT2D eigenvalue weighted by Gasteiger charge is 2.44. The summed E-state index contributed by atoms with van der Waals surface area (Å²) in [5.41, 5.74) is 0.459. The smallest absolute Gasteiger partial charge is 0.309 e. The van der Waals surface area contributed by atoms with Crippen LogP contribution in [0, 0.1) is 10.8 Å². The summed E-state index contributed by atoms with van der Waals surface area (Å²) in [6, 6.07) is 3.75. The van der Waals surface area contributed by atoms with Crippen molar-refractivity contribution >= 4 is 5.97 Å². The number of ether oxygens (including phenoxy) is 1. The summed E-state index contributed by atoms with van der Waals surface area (Å²) in [7, 11) is 1.57. The minimum atomic E-state index is -0.695. The predicted molar refractivity (Wildman–Crippen MR) is 76.8 cm³/mol. The molecule has 1 aliphatic carbocycles. The average molecular weight is 277 g/mol. The van der Waals surface area contributed by atoms with Gasteiger partial charge in [0, 0.05) is 11.8 Å². The van der Waals surface area contributed by atoms with Crippen LogP contribution in [-0.4, -0.2) is 23.2 Å². The normalized spacial score (nSPS) is 20.4. The van der Waals surface area contributed by atoms with Crippen molar-refractivity contribution in [2.24, 2.45) is 10.8 Å². The fourth-order valence-corrected chi connectivity index (χ4v) is 2.98. The molecule has 0 aliphatic heterocycles. The van der Waals surface area contributed by atoms with Gasteiger partial charge < -0.3 is 9.84 Å². The second-order valence-electron chi connectivity index (χ2n) is 6.60. The highest BCUT2D eigenvalue weighted by Crippen LogP contribution is 2.47. The van der Waals surface area contributed by atoms with Crippen LogP contribution in [0.3, 0.4) is 0 Å². The molecule has 1 aliphatic rings. The number of carbonyl (C=O) groups is 1. The molecule has 1 fully saturated rings. The van der Waals surface area contributed by atoms with Gasteiger partial charge >= 0.3 is 5.97 Å². The molecule has 0 atom stereocenters. The number of hydrogen-bond acceptors (Lipinski definition) is 3. The molecule has 1 aromatic heterocycles. The molecule has 0 unspecified atom stereocenters. The molecule has 1 heterocycles. The van der Waals surface area contributed by atoms with Crippen LogP contribution in [-0.2, 0) is 11.2 Å². The Morgan fingerprint density at radius 1 is 1.35 bits per heavy atom. The molecule has 1 saturated carbocycles. The topological polar surface area (TPSA) is 59.4 Å². The number of aromatic nitrogens is 1. The molecule has 4 heteroatoms. The molecule has 0 amide bonds. The summed E-state index contributed by atoms with van der Waals surface area (Å²) in [5.74, 6) is -0.156. The van der Waals surface area contributed by atoms with Crippen molar-refractivity contribution in [3.63, 3.8) is 0 Å². The van der Waals surface area contributed by atoms with Gasteiger partial charge in [-0.25, -0.2) is 4.98 Å². The van der Waals surface area contributed by atoms with E-state index in [1.54, 1.807) is 13.3 Å². The van der Waals surface area contributed by atoms with Crippen LogP contribution < -0.4 is 4.74 Å². The monoisotopic (exact) mass is 277 g/mol. The van der Waals surface area contributed by atoms with Gasteiger partial charge in [-0.05, 0) is 43.6 Å². The summed E-state index contributed by atoms with van der Waals surface area (Å²) in [6.45, 7) is 4.42. The zero-order chi connectivity index (χ0) is 14.8. The predicted octanol–water partition coefficient (Wildman–Crippen LogP) is 3.30. The number of carboxylic acids is 1. The summed E-state index contributed by atoms with van der Waals surface area (Å²) < 4.78 is 5.25. The molecule has 0 bridgehead atoms. The number of methoxy groups -OCH3 is 1. The van der Waals surface area contributed by atoms with E-state index >= 15 is 0 Å². The summed E-state index contributed by atoms with van der Waals surface area (Å²) >= 11 is 0. The summed E-state index contributed by atoms with van der Waals surface area (Å²) in [4.78, 5) is 16.0. The van der Waals surface area contributed by atoms with Crippen molar-refractivity contribution in [2.75, 3.05) is 7.11 Å². The summed E-state index contributed by atoms with van der Waals surface area (Å²) in [5, 5.41) is 9.72. The summed E-state index contributed by atoms with van der Waals surface area (Å²) in [6.07, 6.45) is 5.49. The van der Waals surface area contributed by atoms with E-state index in [-0.39, 0.29) is 5.41 Å². The van der Waals surface area contributed by atoms with Crippen LogP contribution in [0.25, 0.3) is 0 Å². The molecule has 0 spiro atoms. The van der Waals surface area contributed by atoms with Crippen LogP contribution in [0.15, 0.2) is 18.3 Å². The zero-order valence-electron chi connectivity index (χ0n) is 12.5. The highest BCUT2D eigenvalue weighted by atomic mass is 16.5. The van der Waals surface area contributed by atoms with Crippen molar-refractivity contribution in [1.29, 1.82) is 0 Å². The van der Waals surface area contributed by atoms with Crippen molar-refractivity contribution in [3.8, 4) is 5.88 Å². The number of hydrogen-bond donors (Lipinski definition) is 1. The Morgan fingerprint density at radius 2 is 2.00 bits per heavy atom. The van der Waals surface area contributed by atoms with Crippen molar-refractivity contribution in [2.45, 2.75) is 46.0 Å². The Labute approximate surface area is 120 Å². The van der Waals surface area contributed by atoms with E-state index in [4.69, 9.17) is 4.74 Å². The second kappa shape index (κ2) is 5.43. The maximum absolute atomic E-state index is 11.8. The van der Waals surface area contributed by atoms with Crippen LogP contribution in [0.5, 0.6) is 5.88 Å². The molecule has 1 N–H and O–H groups in total. The van der Waals surface area contributed by atoms with Gasteiger partial charge in [-0.2, -0.15) is 0 Å². The van der Waals surface area contributed by atoms with E-state index in [9.17, 15) is 9.90 Å². The molecule has 0 radical (unpaired) electrons. The van der Waals surface area contributed by atoms with Crippen molar-refractivity contribution < 1.29 is 14.6 Å². The first kappa shape index (κ1) is 14.8. The van der Waals surface area contributed by atoms with Gasteiger partial charge in [-0.15, -0.1) is 0 Å². The molecule has 1 aromatic rings. The fourth-order valence-electron chi connectivity index (χ4n) is 2.98. The Morgan fingerprint density at radius 3 is 2.55 bits per heavy atom. The van der Waals surface area contributed by atoms with E-state index in [2.05, 4.69) is 18.8 Å². The van der Waals surface area contributed by atoms with E-state index in [0.29, 0.717) is 25.1 Å². The maximum atomic E-state index is 11.8. The third kappa shape index (κ3) is 2.94. The van der Waals surface area contributed by atoms with E-state index in [1.807, 2.05) is 12.1 Å². The number of rotatable bonds is 4. The molecule has 110 valence electrons. The quantitative estimate of drug-likeness (QED) is 0.917. The number of carboxylic acid groups (broad SMARTS) is 1. The van der Waals surface area contributed by atoms with Gasteiger partial charge in [0.05, 0.1) is 12.5 Å². The molecule has 0 saturated heterocycles. The van der Waals surface area contributed by atoms with Gasteiger partial charge in [0.25, 0.3) is 0 Å². The minimum Gasteiger partial charge on any atom is -0.481 e. The molecule has 20 heavy (non-hydrogen) atoms. The third-order valence-corrected chi connectivity index (χ3v) is 4.59. The van der Waals surface area contributed by atoms with Gasteiger partial charge in [-0.1, -0.05) is 19.9 Å². The van der Waals surface area contributed by atoms with Crippen molar-refractivity contribution in [1.82, 2.24) is 4.98 Å². The van der Waals surface area contributed by atoms with Crippen LogP contribution in [0.1, 0.15) is 45.1 Å². The Balaban J connectivity index is 2.25.